The van der Waals surface area contributed by atoms with Gasteiger partial charge in [-0.25, -0.2) is 8.42 Å². The van der Waals surface area contributed by atoms with Crippen LogP contribution in [0.1, 0.15) is 45.4 Å². The van der Waals surface area contributed by atoms with E-state index in [0.29, 0.717) is 12.2 Å². The summed E-state index contributed by atoms with van der Waals surface area (Å²) in [6.45, 7) is 2.13. The Morgan fingerprint density at radius 3 is 2.67 bits per heavy atom. The van der Waals surface area contributed by atoms with Crippen molar-refractivity contribution < 1.29 is 13.5 Å². The summed E-state index contributed by atoms with van der Waals surface area (Å²) < 4.78 is 22.4. The van der Waals surface area contributed by atoms with E-state index in [0.717, 1.165) is 32.1 Å². The largest absolute Gasteiger partial charge is 0.393 e. The van der Waals surface area contributed by atoms with Crippen LogP contribution in [0.4, 0.5) is 0 Å². The van der Waals surface area contributed by atoms with E-state index in [1.54, 1.807) is 0 Å². The first-order valence-corrected chi connectivity index (χ1v) is 7.74. The third-order valence-electron chi connectivity index (χ3n) is 3.07. The Bertz CT molecular complexity index is 272. The fourth-order valence-corrected chi connectivity index (χ4v) is 4.07. The van der Waals surface area contributed by atoms with Gasteiger partial charge in [0.15, 0.2) is 9.84 Å². The van der Waals surface area contributed by atoms with Crippen LogP contribution in [0, 0.1) is 5.92 Å². The molecular formula is C11H22O3S. The zero-order valence-electron chi connectivity index (χ0n) is 9.48. The number of hydrogen-bond acceptors (Lipinski definition) is 3. The van der Waals surface area contributed by atoms with Crippen molar-refractivity contribution in [3.8, 4) is 0 Å². The topological polar surface area (TPSA) is 54.4 Å². The number of unbranched alkanes of at least 4 members (excludes halogenated alkanes) is 2. The van der Waals surface area contributed by atoms with E-state index in [2.05, 4.69) is 6.92 Å². The molecule has 4 heteroatoms. The van der Waals surface area contributed by atoms with E-state index in [-0.39, 0.29) is 17.8 Å². The molecule has 2 unspecified atom stereocenters. The molecule has 0 spiro atoms. The molecule has 0 aliphatic carbocycles. The van der Waals surface area contributed by atoms with Gasteiger partial charge in [0.25, 0.3) is 0 Å². The molecule has 0 aromatic heterocycles. The maximum atomic E-state index is 11.2. The second-order valence-corrected chi connectivity index (χ2v) is 6.88. The first kappa shape index (κ1) is 13.0. The highest BCUT2D eigenvalue weighted by atomic mass is 32.2. The minimum atomic E-state index is -2.78. The molecule has 1 aliphatic heterocycles. The molecule has 1 N–H and O–H groups in total. The molecule has 90 valence electrons. The van der Waals surface area contributed by atoms with Crippen molar-refractivity contribution in [1.29, 1.82) is 0 Å². The van der Waals surface area contributed by atoms with Gasteiger partial charge in [-0.3, -0.25) is 0 Å². The lowest BCUT2D eigenvalue weighted by Gasteiger charge is -2.13. The fourth-order valence-electron chi connectivity index (χ4n) is 2.19. The number of hydrogen-bond donors (Lipinski definition) is 1. The Kier molecular flexibility index (Phi) is 5.06. The van der Waals surface area contributed by atoms with E-state index in [4.69, 9.17) is 0 Å². The van der Waals surface area contributed by atoms with E-state index in [9.17, 15) is 13.5 Å². The zero-order chi connectivity index (χ0) is 11.3. The van der Waals surface area contributed by atoms with Crippen LogP contribution in [-0.2, 0) is 9.84 Å². The normalized spacial score (nSPS) is 26.7. The molecule has 1 saturated heterocycles. The van der Waals surface area contributed by atoms with Crippen molar-refractivity contribution in [2.45, 2.75) is 51.6 Å². The van der Waals surface area contributed by atoms with Crippen molar-refractivity contribution >= 4 is 9.84 Å². The lowest BCUT2D eigenvalue weighted by Crippen LogP contribution is -2.14. The van der Waals surface area contributed by atoms with Crippen LogP contribution in [0.5, 0.6) is 0 Å². The molecule has 2 atom stereocenters. The van der Waals surface area contributed by atoms with Crippen molar-refractivity contribution in [2.24, 2.45) is 5.92 Å². The molecule has 0 radical (unpaired) electrons. The standard InChI is InChI=1S/C11H22O3S/c1-2-3-4-5-11(12)8-10-6-7-15(13,14)9-10/h10-12H,2-9H2,1H3. The SMILES string of the molecule is CCCCCC(O)CC1CCS(=O)(=O)C1. The number of aliphatic hydroxyl groups is 1. The Hall–Kier alpha value is -0.0900. The summed E-state index contributed by atoms with van der Waals surface area (Å²) in [7, 11) is -2.78. The number of aliphatic hydroxyl groups excluding tert-OH is 1. The Morgan fingerprint density at radius 1 is 1.40 bits per heavy atom. The summed E-state index contributed by atoms with van der Waals surface area (Å²) in [5, 5.41) is 9.71. The van der Waals surface area contributed by atoms with Gasteiger partial charge in [0.2, 0.25) is 0 Å². The summed E-state index contributed by atoms with van der Waals surface area (Å²) in [4.78, 5) is 0. The molecule has 1 aliphatic rings. The molecule has 3 nitrogen and oxygen atoms in total. The molecule has 1 heterocycles. The Labute approximate surface area is 92.8 Å². The third kappa shape index (κ3) is 4.98. The maximum Gasteiger partial charge on any atom is 0.150 e. The van der Waals surface area contributed by atoms with E-state index < -0.39 is 9.84 Å². The predicted molar refractivity (Wildman–Crippen MR) is 61.5 cm³/mol. The van der Waals surface area contributed by atoms with Crippen molar-refractivity contribution in [2.75, 3.05) is 11.5 Å². The highest BCUT2D eigenvalue weighted by Crippen LogP contribution is 2.24. The molecule has 0 bridgehead atoms. The first-order valence-electron chi connectivity index (χ1n) is 5.92. The van der Waals surface area contributed by atoms with Gasteiger partial charge >= 0.3 is 0 Å². The predicted octanol–water partition coefficient (Wildman–Crippen LogP) is 1.75. The average molecular weight is 234 g/mol. The monoisotopic (exact) mass is 234 g/mol. The Balaban J connectivity index is 2.19. The van der Waals surface area contributed by atoms with Crippen LogP contribution < -0.4 is 0 Å². The number of sulfone groups is 1. The van der Waals surface area contributed by atoms with Crippen LogP contribution in [0.15, 0.2) is 0 Å². The number of rotatable bonds is 6. The molecule has 1 rings (SSSR count). The Morgan fingerprint density at radius 2 is 2.13 bits per heavy atom. The van der Waals surface area contributed by atoms with Gasteiger partial charge in [-0.05, 0) is 25.2 Å². The van der Waals surface area contributed by atoms with Crippen LogP contribution in [0.2, 0.25) is 0 Å². The quantitative estimate of drug-likeness (QED) is 0.712. The molecular weight excluding hydrogens is 212 g/mol. The highest BCUT2D eigenvalue weighted by molar-refractivity contribution is 7.91. The first-order chi connectivity index (χ1) is 7.03. The fraction of sp³-hybridized carbons (Fsp3) is 1.00. The van der Waals surface area contributed by atoms with Gasteiger partial charge in [0.1, 0.15) is 0 Å². The van der Waals surface area contributed by atoms with Gasteiger partial charge in [-0.15, -0.1) is 0 Å². The minimum absolute atomic E-state index is 0.201. The second kappa shape index (κ2) is 5.85. The van der Waals surface area contributed by atoms with Crippen LogP contribution in [-0.4, -0.2) is 31.1 Å². The van der Waals surface area contributed by atoms with Gasteiger partial charge in [0.05, 0.1) is 17.6 Å². The summed E-state index contributed by atoms with van der Waals surface area (Å²) in [6, 6.07) is 0. The second-order valence-electron chi connectivity index (χ2n) is 4.65. The van der Waals surface area contributed by atoms with Crippen LogP contribution >= 0.6 is 0 Å². The minimum Gasteiger partial charge on any atom is -0.393 e. The van der Waals surface area contributed by atoms with E-state index in [1.165, 1.54) is 0 Å². The van der Waals surface area contributed by atoms with Gasteiger partial charge in [-0.2, -0.15) is 0 Å². The lowest BCUT2D eigenvalue weighted by molar-refractivity contribution is 0.134. The lowest BCUT2D eigenvalue weighted by atomic mass is 9.98. The van der Waals surface area contributed by atoms with Gasteiger partial charge in [-0.1, -0.05) is 26.2 Å². The average Bonchev–Trinajstić information content (AvgIpc) is 2.46. The highest BCUT2D eigenvalue weighted by Gasteiger charge is 2.29. The van der Waals surface area contributed by atoms with E-state index in [1.807, 2.05) is 0 Å². The summed E-state index contributed by atoms with van der Waals surface area (Å²) in [6.07, 6.45) is 5.30. The van der Waals surface area contributed by atoms with Gasteiger partial charge in [0, 0.05) is 0 Å². The van der Waals surface area contributed by atoms with Crippen LogP contribution in [0.25, 0.3) is 0 Å². The molecule has 0 aromatic carbocycles. The molecule has 15 heavy (non-hydrogen) atoms. The molecule has 0 aromatic rings. The van der Waals surface area contributed by atoms with Crippen molar-refractivity contribution in [3.05, 3.63) is 0 Å². The zero-order valence-corrected chi connectivity index (χ0v) is 10.3. The van der Waals surface area contributed by atoms with Crippen molar-refractivity contribution in [3.63, 3.8) is 0 Å². The summed E-state index contributed by atoms with van der Waals surface area (Å²) in [5.74, 6) is 0.809. The van der Waals surface area contributed by atoms with Gasteiger partial charge < -0.3 is 5.11 Å². The molecule has 1 fully saturated rings. The summed E-state index contributed by atoms with van der Waals surface area (Å²) >= 11 is 0. The third-order valence-corrected chi connectivity index (χ3v) is 4.91. The molecule has 0 saturated carbocycles. The van der Waals surface area contributed by atoms with Crippen molar-refractivity contribution in [1.82, 2.24) is 0 Å². The maximum absolute atomic E-state index is 11.2. The smallest absolute Gasteiger partial charge is 0.150 e. The molecule has 0 amide bonds. The summed E-state index contributed by atoms with van der Waals surface area (Å²) in [5.41, 5.74) is 0. The van der Waals surface area contributed by atoms with E-state index >= 15 is 0 Å². The van der Waals surface area contributed by atoms with Crippen LogP contribution in [0.3, 0.4) is 0 Å².